The van der Waals surface area contributed by atoms with Gasteiger partial charge in [-0.2, -0.15) is 0 Å². The van der Waals surface area contributed by atoms with Gasteiger partial charge in [0.1, 0.15) is 6.10 Å². The van der Waals surface area contributed by atoms with Gasteiger partial charge in [-0.1, -0.05) is 82.2 Å². The standard InChI is InChI=1S/C48H61NO5S2/c1-31(2)38-18-15-33(4)26-42(38)54-46(52)49(24-21-37-12-9-25-55-37)30-48(53)23-20-41-39-19-16-34(27-36(50)17-14-32(3)10-8-22-47(41,48)5)28-40(39)45(51)44-29-35-11-6-7-13-43(35)56-44/h6-7,9-13,16,19,25,28-29,31,33,36,38,41-42,50,53H,8,14-15,17-18,20-24,26-27,30H2,1-5H3/t33-,36-,38+,41-,42-,47-,48+/m0/s1. The second-order valence-corrected chi connectivity index (χ2v) is 20.0. The van der Waals surface area contributed by atoms with Crippen molar-refractivity contribution >= 4 is 44.6 Å². The Morgan fingerprint density at radius 3 is 2.61 bits per heavy atom. The number of thiophene rings is 2. The van der Waals surface area contributed by atoms with Gasteiger partial charge in [0.25, 0.3) is 0 Å². The number of rotatable bonds is 9. The van der Waals surface area contributed by atoms with Gasteiger partial charge in [-0.05, 0) is 141 Å². The van der Waals surface area contributed by atoms with Crippen molar-refractivity contribution in [3.63, 3.8) is 0 Å². The lowest BCUT2D eigenvalue weighted by Crippen LogP contribution is -2.54. The van der Waals surface area contributed by atoms with Crippen molar-refractivity contribution in [2.45, 2.75) is 129 Å². The highest BCUT2D eigenvalue weighted by Gasteiger charge is 2.58. The zero-order valence-electron chi connectivity index (χ0n) is 34.0. The van der Waals surface area contributed by atoms with Crippen LogP contribution < -0.4 is 0 Å². The summed E-state index contributed by atoms with van der Waals surface area (Å²) in [7, 11) is 0. The molecule has 2 bridgehead atoms. The van der Waals surface area contributed by atoms with Crippen molar-refractivity contribution in [3.05, 3.63) is 104 Å². The zero-order valence-corrected chi connectivity index (χ0v) is 35.6. The fraction of sp³-hybridized carbons (Fsp3) is 0.542. The predicted octanol–water partition coefficient (Wildman–Crippen LogP) is 11.4. The van der Waals surface area contributed by atoms with E-state index in [4.69, 9.17) is 4.74 Å². The largest absolute Gasteiger partial charge is 0.446 e. The van der Waals surface area contributed by atoms with Gasteiger partial charge in [-0.3, -0.25) is 4.79 Å². The molecule has 2 aromatic carbocycles. The van der Waals surface area contributed by atoms with Gasteiger partial charge in [0.05, 0.1) is 23.1 Å². The maximum Gasteiger partial charge on any atom is 0.410 e. The van der Waals surface area contributed by atoms with Crippen LogP contribution in [-0.4, -0.2) is 57.9 Å². The number of amides is 1. The molecule has 7 atom stereocenters. The third-order valence-corrected chi connectivity index (χ3v) is 15.7. The van der Waals surface area contributed by atoms with Crippen LogP contribution in [0.25, 0.3) is 10.1 Å². The van der Waals surface area contributed by atoms with E-state index in [0.717, 1.165) is 53.3 Å². The topological polar surface area (TPSA) is 87.1 Å². The summed E-state index contributed by atoms with van der Waals surface area (Å²) in [6, 6.07) is 20.4. The second kappa shape index (κ2) is 17.3. The molecule has 4 aliphatic rings. The number of ether oxygens (including phenoxy) is 1. The van der Waals surface area contributed by atoms with Gasteiger partial charge in [0.2, 0.25) is 5.78 Å². The van der Waals surface area contributed by atoms with E-state index in [0.29, 0.717) is 73.3 Å². The van der Waals surface area contributed by atoms with Crippen LogP contribution in [0.2, 0.25) is 0 Å². The third kappa shape index (κ3) is 8.74. The Morgan fingerprint density at radius 2 is 1.84 bits per heavy atom. The molecule has 2 N–H and O–H groups in total. The summed E-state index contributed by atoms with van der Waals surface area (Å²) < 4.78 is 7.58. The van der Waals surface area contributed by atoms with Gasteiger partial charge in [-0.15, -0.1) is 22.7 Å². The van der Waals surface area contributed by atoms with Gasteiger partial charge >= 0.3 is 6.09 Å². The quantitative estimate of drug-likeness (QED) is 0.130. The Bertz CT molecular complexity index is 1980. The molecule has 2 heterocycles. The molecule has 8 heteroatoms. The van der Waals surface area contributed by atoms with E-state index < -0.39 is 17.1 Å². The summed E-state index contributed by atoms with van der Waals surface area (Å²) in [5, 5.41) is 27.4. The number of carbonyl (C=O) groups is 2. The molecule has 8 rings (SSSR count). The van der Waals surface area contributed by atoms with E-state index in [-0.39, 0.29) is 30.4 Å². The average molecular weight is 796 g/mol. The number of fused-ring (bicyclic) bond motifs is 9. The lowest BCUT2D eigenvalue weighted by molar-refractivity contribution is -0.0861. The summed E-state index contributed by atoms with van der Waals surface area (Å²) in [6.45, 7) is 11.7. The Balaban J connectivity index is 1.26. The minimum absolute atomic E-state index is 0.0132. The molecule has 56 heavy (non-hydrogen) atoms. The van der Waals surface area contributed by atoms with Crippen LogP contribution in [0.5, 0.6) is 0 Å². The molecular formula is C48H61NO5S2. The Kier molecular flexibility index (Phi) is 12.6. The summed E-state index contributed by atoms with van der Waals surface area (Å²) >= 11 is 3.21. The number of benzene rings is 2. The van der Waals surface area contributed by atoms with Crippen LogP contribution in [-0.2, 0) is 17.6 Å². The molecule has 0 saturated heterocycles. The first-order valence-electron chi connectivity index (χ1n) is 21.0. The molecule has 1 amide bonds. The van der Waals surface area contributed by atoms with Crippen molar-refractivity contribution in [2.75, 3.05) is 13.1 Å². The number of ketones is 1. The molecule has 2 saturated carbocycles. The van der Waals surface area contributed by atoms with Crippen LogP contribution >= 0.6 is 22.7 Å². The lowest BCUT2D eigenvalue weighted by Gasteiger charge is -2.46. The van der Waals surface area contributed by atoms with Gasteiger partial charge in [0, 0.05) is 27.1 Å². The first kappa shape index (κ1) is 40.9. The molecule has 4 aromatic rings. The molecule has 0 radical (unpaired) electrons. The Labute approximate surface area is 342 Å². The van der Waals surface area contributed by atoms with Crippen LogP contribution in [0.1, 0.15) is 130 Å². The number of aliphatic hydroxyl groups is 2. The van der Waals surface area contributed by atoms with Gasteiger partial charge < -0.3 is 19.8 Å². The van der Waals surface area contributed by atoms with E-state index >= 15 is 0 Å². The average Bonchev–Trinajstić information content (AvgIpc) is 3.91. The summed E-state index contributed by atoms with van der Waals surface area (Å²) in [5.41, 5.74) is 1.90. The number of hydrogen-bond donors (Lipinski definition) is 2. The van der Waals surface area contributed by atoms with Crippen LogP contribution in [0.15, 0.2) is 77.7 Å². The summed E-state index contributed by atoms with van der Waals surface area (Å²) in [6.07, 6.45) is 9.62. The van der Waals surface area contributed by atoms with Crippen LogP contribution in [0.4, 0.5) is 4.79 Å². The molecule has 4 aliphatic carbocycles. The van der Waals surface area contributed by atoms with E-state index in [1.54, 1.807) is 11.3 Å². The first-order valence-corrected chi connectivity index (χ1v) is 22.7. The Hall–Kier alpha value is -3.30. The van der Waals surface area contributed by atoms with Crippen molar-refractivity contribution < 1.29 is 24.5 Å². The predicted molar refractivity (Wildman–Crippen MR) is 230 cm³/mol. The molecule has 300 valence electrons. The number of aliphatic hydroxyl groups excluding tert-OH is 1. The molecule has 0 aliphatic heterocycles. The third-order valence-electron chi connectivity index (χ3n) is 13.7. The van der Waals surface area contributed by atoms with E-state index in [1.807, 2.05) is 41.3 Å². The second-order valence-electron chi connectivity index (χ2n) is 17.9. The minimum Gasteiger partial charge on any atom is -0.446 e. The number of carbonyl (C=O) groups excluding carboxylic acids is 2. The van der Waals surface area contributed by atoms with Crippen molar-refractivity contribution in [2.24, 2.45) is 23.2 Å². The molecule has 0 spiro atoms. The minimum atomic E-state index is -1.23. The number of allylic oxidation sites excluding steroid dienone is 2. The molecule has 0 unspecified atom stereocenters. The summed E-state index contributed by atoms with van der Waals surface area (Å²) in [4.78, 5) is 32.9. The smallest absolute Gasteiger partial charge is 0.410 e. The maximum atomic E-state index is 14.7. The van der Waals surface area contributed by atoms with Crippen molar-refractivity contribution in [1.29, 1.82) is 0 Å². The molecule has 2 aromatic heterocycles. The van der Waals surface area contributed by atoms with Crippen molar-refractivity contribution in [1.82, 2.24) is 4.90 Å². The normalized spacial score (nSPS) is 28.5. The fourth-order valence-electron chi connectivity index (χ4n) is 10.1. The number of hydrogen-bond acceptors (Lipinski definition) is 7. The maximum absolute atomic E-state index is 14.7. The molecule has 2 fully saturated rings. The highest BCUT2D eigenvalue weighted by atomic mass is 32.1. The molecule has 6 nitrogen and oxygen atoms in total. The fourth-order valence-corrected chi connectivity index (χ4v) is 11.8. The van der Waals surface area contributed by atoms with Crippen molar-refractivity contribution in [3.8, 4) is 0 Å². The zero-order chi connectivity index (χ0) is 39.6. The monoisotopic (exact) mass is 795 g/mol. The number of nitrogens with zero attached hydrogens (tertiary/aromatic N) is 1. The van der Waals surface area contributed by atoms with E-state index in [2.05, 4.69) is 70.3 Å². The highest BCUT2D eigenvalue weighted by molar-refractivity contribution is 7.21. The van der Waals surface area contributed by atoms with Gasteiger partial charge in [-0.25, -0.2) is 4.79 Å². The lowest BCUT2D eigenvalue weighted by atomic mass is 9.64. The summed E-state index contributed by atoms with van der Waals surface area (Å²) in [5.74, 6) is 1.10. The van der Waals surface area contributed by atoms with Crippen LogP contribution in [0.3, 0.4) is 0 Å². The first-order chi connectivity index (χ1) is 26.8. The van der Waals surface area contributed by atoms with E-state index in [9.17, 15) is 19.8 Å². The van der Waals surface area contributed by atoms with Gasteiger partial charge in [0.15, 0.2) is 0 Å². The molecular weight excluding hydrogens is 735 g/mol. The Morgan fingerprint density at radius 1 is 1.02 bits per heavy atom. The van der Waals surface area contributed by atoms with E-state index in [1.165, 1.54) is 21.8 Å². The SMILES string of the molecule is CC1=CCC[C@@]2(C)[C@@H](CC[C@@]2(O)CN(CCc2cccs2)C(=O)O[C@H]2C[C@@H](C)CC[C@@H]2C(C)C)c2ccc(cc2C(=O)c2cc3ccccc3s2)C[C@@H](O)CC1. The highest BCUT2D eigenvalue weighted by Crippen LogP contribution is 2.59. The van der Waals surface area contributed by atoms with Crippen LogP contribution in [0, 0.1) is 23.2 Å².